The van der Waals surface area contributed by atoms with Crippen molar-refractivity contribution in [2.75, 3.05) is 13.1 Å². The van der Waals surface area contributed by atoms with E-state index in [9.17, 15) is 0 Å². The molecular formula is C17H26Cl2N2. The molecule has 1 aliphatic heterocycles. The average Bonchev–Trinajstić information content (AvgIpc) is 2.51. The first-order chi connectivity index (χ1) is 9.99. The number of benzene rings is 1. The van der Waals surface area contributed by atoms with Gasteiger partial charge in [0, 0.05) is 21.6 Å². The molecule has 0 saturated carbocycles. The van der Waals surface area contributed by atoms with Gasteiger partial charge in [-0.3, -0.25) is 4.90 Å². The molecular weight excluding hydrogens is 303 g/mol. The Balaban J connectivity index is 2.17. The molecule has 2 nitrogen and oxygen atoms in total. The Bertz CT molecular complexity index is 452. The lowest BCUT2D eigenvalue weighted by molar-refractivity contribution is 0.0546. The van der Waals surface area contributed by atoms with Crippen LogP contribution in [0.1, 0.15) is 45.1 Å². The summed E-state index contributed by atoms with van der Waals surface area (Å²) in [5.41, 5.74) is 7.58. The number of piperidine rings is 1. The molecule has 1 aliphatic rings. The van der Waals surface area contributed by atoms with Gasteiger partial charge in [-0.25, -0.2) is 0 Å². The molecule has 1 saturated heterocycles. The number of nitrogens with zero attached hydrogens (tertiary/aromatic N) is 1. The molecule has 118 valence electrons. The summed E-state index contributed by atoms with van der Waals surface area (Å²) in [6, 6.07) is 5.68. The minimum absolute atomic E-state index is 0.00290. The van der Waals surface area contributed by atoms with E-state index in [-0.39, 0.29) is 11.6 Å². The highest BCUT2D eigenvalue weighted by Gasteiger charge is 2.37. The molecule has 21 heavy (non-hydrogen) atoms. The Hall–Kier alpha value is -0.280. The summed E-state index contributed by atoms with van der Waals surface area (Å²) in [5, 5.41) is 1.44. The minimum atomic E-state index is 0.00290. The summed E-state index contributed by atoms with van der Waals surface area (Å²) in [7, 11) is 0. The van der Waals surface area contributed by atoms with Crippen LogP contribution in [0.5, 0.6) is 0 Å². The summed E-state index contributed by atoms with van der Waals surface area (Å²) in [6.07, 6.45) is 5.64. The first kappa shape index (κ1) is 17.1. The molecule has 2 rings (SSSR count). The molecule has 2 N–H and O–H groups in total. The van der Waals surface area contributed by atoms with E-state index in [1.54, 1.807) is 0 Å². The molecule has 2 atom stereocenters. The van der Waals surface area contributed by atoms with Gasteiger partial charge >= 0.3 is 0 Å². The van der Waals surface area contributed by atoms with E-state index in [4.69, 9.17) is 28.9 Å². The van der Waals surface area contributed by atoms with E-state index >= 15 is 0 Å². The second-order valence-electron chi connectivity index (χ2n) is 6.27. The molecule has 4 heteroatoms. The fraction of sp³-hybridized carbons (Fsp3) is 0.647. The zero-order chi connectivity index (χ0) is 15.5. The zero-order valence-corrected chi connectivity index (χ0v) is 14.6. The molecule has 2 unspecified atom stereocenters. The molecule has 1 aromatic carbocycles. The van der Waals surface area contributed by atoms with Crippen molar-refractivity contribution < 1.29 is 0 Å². The van der Waals surface area contributed by atoms with E-state index in [1.165, 1.54) is 19.3 Å². The van der Waals surface area contributed by atoms with Crippen LogP contribution in [-0.2, 0) is 6.42 Å². The smallest absolute Gasteiger partial charge is 0.0453 e. The highest BCUT2D eigenvalue weighted by molar-refractivity contribution is 6.36. The highest BCUT2D eigenvalue weighted by Crippen LogP contribution is 2.31. The Morgan fingerprint density at radius 1 is 1.19 bits per heavy atom. The number of hydrogen-bond donors (Lipinski definition) is 1. The van der Waals surface area contributed by atoms with Gasteiger partial charge in [-0.1, -0.05) is 42.6 Å². The molecule has 0 amide bonds. The maximum Gasteiger partial charge on any atom is 0.0453 e. The van der Waals surface area contributed by atoms with Gasteiger partial charge in [0.2, 0.25) is 0 Å². The maximum atomic E-state index is 6.60. The molecule has 1 aromatic rings. The van der Waals surface area contributed by atoms with Crippen molar-refractivity contribution in [2.45, 2.75) is 57.5 Å². The van der Waals surface area contributed by atoms with Crippen LogP contribution in [0.25, 0.3) is 0 Å². The summed E-state index contributed by atoms with van der Waals surface area (Å²) >= 11 is 12.6. The number of rotatable bonds is 5. The first-order valence-corrected chi connectivity index (χ1v) is 8.68. The van der Waals surface area contributed by atoms with Gasteiger partial charge in [0.25, 0.3) is 0 Å². The summed E-state index contributed by atoms with van der Waals surface area (Å²) in [6.45, 7) is 6.80. The predicted molar refractivity (Wildman–Crippen MR) is 92.3 cm³/mol. The molecule has 0 aliphatic carbocycles. The largest absolute Gasteiger partial charge is 0.326 e. The second-order valence-corrected chi connectivity index (χ2v) is 7.08. The molecule has 1 heterocycles. The van der Waals surface area contributed by atoms with Crippen LogP contribution < -0.4 is 5.73 Å². The van der Waals surface area contributed by atoms with Crippen molar-refractivity contribution in [3.8, 4) is 0 Å². The standard InChI is InChI=1S/C17H26Cl2N2/c1-3-17(2,21-10-5-4-6-11-21)16(20)12-13-14(18)8-7-9-15(13)19/h7-9,16H,3-6,10-12,20H2,1-2H3. The number of likely N-dealkylation sites (tertiary alicyclic amines) is 1. The Morgan fingerprint density at radius 2 is 1.76 bits per heavy atom. The van der Waals surface area contributed by atoms with Crippen LogP contribution in [0.4, 0.5) is 0 Å². The summed E-state index contributed by atoms with van der Waals surface area (Å²) in [5.74, 6) is 0. The Morgan fingerprint density at radius 3 is 2.29 bits per heavy atom. The van der Waals surface area contributed by atoms with Crippen molar-refractivity contribution in [1.29, 1.82) is 0 Å². The summed E-state index contributed by atoms with van der Waals surface area (Å²) < 4.78 is 0. The number of hydrogen-bond acceptors (Lipinski definition) is 2. The third kappa shape index (κ3) is 3.73. The first-order valence-electron chi connectivity index (χ1n) is 7.92. The van der Waals surface area contributed by atoms with Gasteiger partial charge in [-0.05, 0) is 63.4 Å². The molecule has 0 radical (unpaired) electrons. The molecule has 0 spiro atoms. The van der Waals surface area contributed by atoms with Gasteiger partial charge in [0.1, 0.15) is 0 Å². The van der Waals surface area contributed by atoms with Crippen LogP contribution in [0, 0.1) is 0 Å². The quantitative estimate of drug-likeness (QED) is 0.861. The predicted octanol–water partition coefficient (Wildman–Crippen LogP) is 4.52. The number of nitrogens with two attached hydrogens (primary N) is 1. The van der Waals surface area contributed by atoms with Crippen molar-refractivity contribution in [2.24, 2.45) is 5.73 Å². The van der Waals surface area contributed by atoms with Crippen molar-refractivity contribution in [3.05, 3.63) is 33.8 Å². The Kier molecular flexibility index (Phi) is 5.96. The van der Waals surface area contributed by atoms with E-state index in [1.807, 2.05) is 18.2 Å². The van der Waals surface area contributed by atoms with Crippen molar-refractivity contribution in [1.82, 2.24) is 4.90 Å². The zero-order valence-electron chi connectivity index (χ0n) is 13.0. The number of halogens is 2. The Labute approximate surface area is 138 Å². The molecule has 1 fully saturated rings. The van der Waals surface area contributed by atoms with Gasteiger partial charge in [-0.2, -0.15) is 0 Å². The van der Waals surface area contributed by atoms with E-state index in [0.717, 1.165) is 41.5 Å². The normalized spacial score (nSPS) is 21.0. The van der Waals surface area contributed by atoms with E-state index in [2.05, 4.69) is 18.7 Å². The van der Waals surface area contributed by atoms with Gasteiger partial charge in [0.15, 0.2) is 0 Å². The summed E-state index contributed by atoms with van der Waals surface area (Å²) in [4.78, 5) is 2.56. The highest BCUT2D eigenvalue weighted by atomic mass is 35.5. The van der Waals surface area contributed by atoms with Crippen molar-refractivity contribution >= 4 is 23.2 Å². The third-order valence-electron chi connectivity index (χ3n) is 5.08. The SMILES string of the molecule is CCC(C)(C(N)Cc1c(Cl)cccc1Cl)N1CCCCC1. The second kappa shape index (κ2) is 7.32. The lowest BCUT2D eigenvalue weighted by atomic mass is 9.83. The van der Waals surface area contributed by atoms with E-state index < -0.39 is 0 Å². The topological polar surface area (TPSA) is 29.3 Å². The molecule has 0 aromatic heterocycles. The molecule has 0 bridgehead atoms. The maximum absolute atomic E-state index is 6.60. The average molecular weight is 329 g/mol. The van der Waals surface area contributed by atoms with Crippen LogP contribution in [0.15, 0.2) is 18.2 Å². The van der Waals surface area contributed by atoms with E-state index in [0.29, 0.717) is 0 Å². The lowest BCUT2D eigenvalue weighted by Crippen LogP contribution is -2.59. The van der Waals surface area contributed by atoms with Crippen LogP contribution in [0.3, 0.4) is 0 Å². The third-order valence-corrected chi connectivity index (χ3v) is 5.79. The monoisotopic (exact) mass is 328 g/mol. The van der Waals surface area contributed by atoms with Gasteiger partial charge in [-0.15, -0.1) is 0 Å². The van der Waals surface area contributed by atoms with Gasteiger partial charge < -0.3 is 5.73 Å². The minimum Gasteiger partial charge on any atom is -0.326 e. The van der Waals surface area contributed by atoms with Crippen LogP contribution in [-0.4, -0.2) is 29.6 Å². The van der Waals surface area contributed by atoms with Crippen molar-refractivity contribution in [3.63, 3.8) is 0 Å². The fourth-order valence-electron chi connectivity index (χ4n) is 3.29. The lowest BCUT2D eigenvalue weighted by Gasteiger charge is -2.47. The van der Waals surface area contributed by atoms with Gasteiger partial charge in [0.05, 0.1) is 0 Å². The van der Waals surface area contributed by atoms with Crippen LogP contribution >= 0.6 is 23.2 Å². The fourth-order valence-corrected chi connectivity index (χ4v) is 3.84. The van der Waals surface area contributed by atoms with Crippen LogP contribution in [0.2, 0.25) is 10.0 Å².